The minimum Gasteiger partial charge on any atom is -0.493 e. The van der Waals surface area contributed by atoms with Gasteiger partial charge >= 0.3 is 0 Å². The molecule has 1 aliphatic heterocycles. The minimum absolute atomic E-state index is 0.237. The number of nitrogens with one attached hydrogen (secondary N) is 1. The summed E-state index contributed by atoms with van der Waals surface area (Å²) in [6, 6.07) is 14.5. The van der Waals surface area contributed by atoms with E-state index in [2.05, 4.69) is 23.5 Å². The summed E-state index contributed by atoms with van der Waals surface area (Å²) in [5, 5.41) is 3.39. The zero-order valence-electron chi connectivity index (χ0n) is 10.6. The van der Waals surface area contributed by atoms with Gasteiger partial charge in [0.1, 0.15) is 11.6 Å². The molecule has 0 spiro atoms. The van der Waals surface area contributed by atoms with Gasteiger partial charge in [-0.05, 0) is 42.3 Å². The minimum atomic E-state index is -0.237. The zero-order valence-corrected chi connectivity index (χ0v) is 10.6. The fraction of sp³-hybridized carbons (Fsp3) is 0.250. The van der Waals surface area contributed by atoms with Gasteiger partial charge in [0, 0.05) is 18.2 Å². The van der Waals surface area contributed by atoms with Crippen LogP contribution in [-0.2, 0) is 0 Å². The summed E-state index contributed by atoms with van der Waals surface area (Å²) in [6.45, 7) is 1.60. The highest BCUT2D eigenvalue weighted by Gasteiger charge is 2.19. The predicted octanol–water partition coefficient (Wildman–Crippen LogP) is 3.80. The quantitative estimate of drug-likeness (QED) is 0.903. The molecule has 1 heterocycles. The number of benzene rings is 2. The van der Waals surface area contributed by atoms with Crippen LogP contribution in [-0.4, -0.2) is 13.2 Å². The Morgan fingerprint density at radius 2 is 1.89 bits per heavy atom. The number of ether oxygens (including phenoxy) is 1. The van der Waals surface area contributed by atoms with Crippen LogP contribution in [0.3, 0.4) is 0 Å². The topological polar surface area (TPSA) is 21.3 Å². The van der Waals surface area contributed by atoms with Crippen LogP contribution in [0.5, 0.6) is 5.75 Å². The van der Waals surface area contributed by atoms with Gasteiger partial charge in [0.2, 0.25) is 0 Å². The molecule has 0 aliphatic carbocycles. The van der Waals surface area contributed by atoms with E-state index in [1.807, 2.05) is 6.07 Å². The Morgan fingerprint density at radius 1 is 1.11 bits per heavy atom. The molecule has 0 saturated heterocycles. The maximum absolute atomic E-state index is 12.8. The zero-order chi connectivity index (χ0) is 13.1. The molecule has 1 atom stereocenters. The van der Waals surface area contributed by atoms with Crippen LogP contribution in [0.2, 0.25) is 0 Å². The fourth-order valence-corrected chi connectivity index (χ4v) is 2.45. The lowest BCUT2D eigenvalue weighted by Gasteiger charge is -2.26. The Hall–Kier alpha value is -2.03. The largest absolute Gasteiger partial charge is 0.493 e. The van der Waals surface area contributed by atoms with E-state index >= 15 is 0 Å². The number of halogens is 1. The van der Waals surface area contributed by atoms with Crippen molar-refractivity contribution in [2.45, 2.75) is 12.3 Å². The monoisotopic (exact) mass is 257 g/mol. The Kier molecular flexibility index (Phi) is 3.36. The Balaban J connectivity index is 1.69. The van der Waals surface area contributed by atoms with E-state index in [1.54, 1.807) is 12.1 Å². The van der Waals surface area contributed by atoms with Crippen LogP contribution in [0, 0.1) is 5.82 Å². The summed E-state index contributed by atoms with van der Waals surface area (Å²) in [5.74, 6) is 0.875. The molecule has 0 saturated carbocycles. The molecule has 3 heteroatoms. The van der Waals surface area contributed by atoms with Gasteiger partial charge in [-0.2, -0.15) is 0 Å². The molecule has 0 aromatic heterocycles. The first-order valence-electron chi connectivity index (χ1n) is 6.54. The molecule has 2 aromatic rings. The third kappa shape index (κ3) is 2.70. The number of anilines is 1. The van der Waals surface area contributed by atoms with Crippen molar-refractivity contribution in [2.24, 2.45) is 0 Å². The predicted molar refractivity (Wildman–Crippen MR) is 74.2 cm³/mol. The van der Waals surface area contributed by atoms with Crippen molar-refractivity contribution in [1.82, 2.24) is 0 Å². The third-order valence-corrected chi connectivity index (χ3v) is 3.47. The molecule has 0 fully saturated rings. The summed E-state index contributed by atoms with van der Waals surface area (Å²) in [6.07, 6.45) is 1.05. The molecular weight excluding hydrogens is 241 g/mol. The average molecular weight is 257 g/mol. The van der Waals surface area contributed by atoms with Gasteiger partial charge in [-0.1, -0.05) is 18.2 Å². The van der Waals surface area contributed by atoms with Gasteiger partial charge in [-0.25, -0.2) is 4.39 Å². The van der Waals surface area contributed by atoms with Crippen LogP contribution in [0.15, 0.2) is 48.5 Å². The standard InChI is InChI=1S/C16H16FNO/c17-13-5-7-14(8-6-13)19-11-12-9-10-18-16-4-2-1-3-15(12)16/h1-8,12,18H,9-11H2. The number of fused-ring (bicyclic) bond motifs is 1. The van der Waals surface area contributed by atoms with Gasteiger partial charge in [-0.3, -0.25) is 0 Å². The normalized spacial score (nSPS) is 17.4. The molecule has 0 radical (unpaired) electrons. The van der Waals surface area contributed by atoms with Crippen molar-refractivity contribution in [3.05, 3.63) is 59.9 Å². The second-order valence-electron chi connectivity index (χ2n) is 4.76. The van der Waals surface area contributed by atoms with E-state index < -0.39 is 0 Å². The molecule has 3 rings (SSSR count). The van der Waals surface area contributed by atoms with E-state index in [0.29, 0.717) is 12.5 Å². The van der Waals surface area contributed by atoms with Gasteiger partial charge in [0.25, 0.3) is 0 Å². The van der Waals surface area contributed by atoms with Crippen molar-refractivity contribution in [3.63, 3.8) is 0 Å². The van der Waals surface area contributed by atoms with Crippen LogP contribution in [0.1, 0.15) is 17.9 Å². The lowest BCUT2D eigenvalue weighted by atomic mass is 9.92. The summed E-state index contributed by atoms with van der Waals surface area (Å²) in [7, 11) is 0. The Morgan fingerprint density at radius 3 is 2.74 bits per heavy atom. The highest BCUT2D eigenvalue weighted by atomic mass is 19.1. The molecule has 19 heavy (non-hydrogen) atoms. The summed E-state index contributed by atoms with van der Waals surface area (Å²) >= 11 is 0. The van der Waals surface area contributed by atoms with Crippen molar-refractivity contribution in [1.29, 1.82) is 0 Å². The molecule has 98 valence electrons. The second kappa shape index (κ2) is 5.31. The number of para-hydroxylation sites is 1. The highest BCUT2D eigenvalue weighted by Crippen LogP contribution is 2.31. The van der Waals surface area contributed by atoms with Gasteiger partial charge in [-0.15, -0.1) is 0 Å². The Bertz CT molecular complexity index is 553. The van der Waals surface area contributed by atoms with E-state index in [0.717, 1.165) is 18.7 Å². The van der Waals surface area contributed by atoms with Crippen LogP contribution in [0.25, 0.3) is 0 Å². The van der Waals surface area contributed by atoms with Crippen molar-refractivity contribution in [3.8, 4) is 5.75 Å². The SMILES string of the molecule is Fc1ccc(OCC2CCNc3ccccc32)cc1. The second-order valence-corrected chi connectivity index (χ2v) is 4.76. The molecule has 1 unspecified atom stereocenters. The summed E-state index contributed by atoms with van der Waals surface area (Å²) in [5.41, 5.74) is 2.50. The molecule has 0 bridgehead atoms. The molecular formula is C16H16FNO. The fourth-order valence-electron chi connectivity index (χ4n) is 2.45. The van der Waals surface area contributed by atoms with Gasteiger partial charge in [0.15, 0.2) is 0 Å². The highest BCUT2D eigenvalue weighted by molar-refractivity contribution is 5.54. The van der Waals surface area contributed by atoms with Crippen molar-refractivity contribution < 1.29 is 9.13 Å². The summed E-state index contributed by atoms with van der Waals surface area (Å²) in [4.78, 5) is 0. The van der Waals surface area contributed by atoms with Crippen LogP contribution in [0.4, 0.5) is 10.1 Å². The van der Waals surface area contributed by atoms with Crippen LogP contribution < -0.4 is 10.1 Å². The lowest BCUT2D eigenvalue weighted by Crippen LogP contribution is -2.21. The maximum atomic E-state index is 12.8. The number of hydrogen-bond donors (Lipinski definition) is 1. The van der Waals surface area contributed by atoms with Gasteiger partial charge < -0.3 is 10.1 Å². The molecule has 2 aromatic carbocycles. The van der Waals surface area contributed by atoms with E-state index in [1.165, 1.54) is 23.4 Å². The molecule has 0 amide bonds. The van der Waals surface area contributed by atoms with E-state index in [9.17, 15) is 4.39 Å². The molecule has 1 aliphatic rings. The summed E-state index contributed by atoms with van der Waals surface area (Å²) < 4.78 is 18.6. The Labute approximate surface area is 112 Å². The van der Waals surface area contributed by atoms with Crippen molar-refractivity contribution in [2.75, 3.05) is 18.5 Å². The van der Waals surface area contributed by atoms with E-state index in [-0.39, 0.29) is 5.82 Å². The molecule has 2 nitrogen and oxygen atoms in total. The first kappa shape index (κ1) is 12.0. The lowest BCUT2D eigenvalue weighted by molar-refractivity contribution is 0.281. The van der Waals surface area contributed by atoms with Crippen molar-refractivity contribution >= 4 is 5.69 Å². The third-order valence-electron chi connectivity index (χ3n) is 3.47. The first-order chi connectivity index (χ1) is 9.33. The van der Waals surface area contributed by atoms with E-state index in [4.69, 9.17) is 4.74 Å². The number of hydrogen-bond acceptors (Lipinski definition) is 2. The average Bonchev–Trinajstić information content (AvgIpc) is 2.47. The van der Waals surface area contributed by atoms with Crippen LogP contribution >= 0.6 is 0 Å². The van der Waals surface area contributed by atoms with Gasteiger partial charge in [0.05, 0.1) is 6.61 Å². The number of rotatable bonds is 3. The first-order valence-corrected chi connectivity index (χ1v) is 6.54. The molecule has 1 N–H and O–H groups in total. The smallest absolute Gasteiger partial charge is 0.123 e. The maximum Gasteiger partial charge on any atom is 0.123 e.